The number of nitrogens with one attached hydrogen (secondary N) is 1. The highest BCUT2D eigenvalue weighted by molar-refractivity contribution is 6.73. The Bertz CT molecular complexity index is 555. The van der Waals surface area contributed by atoms with Crippen LogP contribution in [-0.4, -0.2) is 39.1 Å². The van der Waals surface area contributed by atoms with Gasteiger partial charge in [-0.05, 0) is 37.9 Å². The summed E-state index contributed by atoms with van der Waals surface area (Å²) in [5.41, 5.74) is 0.649. The second-order valence-electron chi connectivity index (χ2n) is 7.73. The summed E-state index contributed by atoms with van der Waals surface area (Å²) in [6, 6.07) is 3.22. The Balaban J connectivity index is 3.02. The molecule has 0 amide bonds. The molecule has 1 aromatic heterocycles. The van der Waals surface area contributed by atoms with Crippen LogP contribution in [0, 0.1) is 5.92 Å². The lowest BCUT2D eigenvalue weighted by atomic mass is 9.92. The van der Waals surface area contributed by atoms with E-state index in [0.29, 0.717) is 22.5 Å². The fraction of sp³-hybridized carbons (Fsp3) is 0.750. The number of hydrogen-bond acceptors (Lipinski definition) is 4. The molecule has 0 aromatic carbocycles. The predicted octanol–water partition coefficient (Wildman–Crippen LogP) is 6.10. The first kappa shape index (κ1) is 24.9. The highest BCUT2D eigenvalue weighted by Crippen LogP contribution is 2.36. The predicted molar refractivity (Wildman–Crippen MR) is 118 cm³/mol. The quantitative estimate of drug-likeness (QED) is 0.403. The Morgan fingerprint density at radius 3 is 2.04 bits per heavy atom. The van der Waals surface area contributed by atoms with Crippen LogP contribution in [0.4, 0.5) is 0 Å². The molecule has 4 nitrogen and oxygen atoms in total. The van der Waals surface area contributed by atoms with E-state index in [1.807, 2.05) is 0 Å². The van der Waals surface area contributed by atoms with E-state index in [9.17, 15) is 0 Å². The van der Waals surface area contributed by atoms with Crippen molar-refractivity contribution < 1.29 is 9.16 Å². The van der Waals surface area contributed by atoms with Crippen LogP contribution in [0.2, 0.25) is 28.2 Å². The van der Waals surface area contributed by atoms with Crippen molar-refractivity contribution in [1.82, 2.24) is 10.3 Å². The molecule has 0 saturated carbocycles. The zero-order valence-corrected chi connectivity index (χ0v) is 20.4. The summed E-state index contributed by atoms with van der Waals surface area (Å²) in [7, 11) is -0.0796. The maximum atomic E-state index is 6.78. The lowest BCUT2D eigenvalue weighted by Gasteiger charge is -2.35. The molecule has 0 aliphatic rings. The van der Waals surface area contributed by atoms with Crippen LogP contribution in [0.5, 0.6) is 0 Å². The van der Waals surface area contributed by atoms with E-state index in [1.54, 1.807) is 19.5 Å². The van der Waals surface area contributed by atoms with Gasteiger partial charge >= 0.3 is 0 Å². The van der Waals surface area contributed by atoms with Crippen LogP contribution in [0.3, 0.4) is 0 Å². The van der Waals surface area contributed by atoms with Crippen LogP contribution in [-0.2, 0) is 9.16 Å². The van der Waals surface area contributed by atoms with Gasteiger partial charge in [-0.25, -0.2) is 0 Å². The first-order valence-corrected chi connectivity index (χ1v) is 13.2. The van der Waals surface area contributed by atoms with Gasteiger partial charge in [-0.3, -0.25) is 4.98 Å². The molecule has 156 valence electrons. The SMILES string of the molecule is CC[Si](CC)(CC)OC(CNCC(C)C(C)(C)OC)c1c(Cl)cncc1Cl. The van der Waals surface area contributed by atoms with Crippen molar-refractivity contribution in [3.63, 3.8) is 0 Å². The van der Waals surface area contributed by atoms with Gasteiger partial charge in [-0.2, -0.15) is 0 Å². The van der Waals surface area contributed by atoms with E-state index in [4.69, 9.17) is 32.4 Å². The largest absolute Gasteiger partial charge is 0.409 e. The third-order valence-electron chi connectivity index (χ3n) is 6.03. The molecule has 7 heteroatoms. The Morgan fingerprint density at radius 1 is 1.07 bits per heavy atom. The maximum absolute atomic E-state index is 6.78. The number of pyridine rings is 1. The third-order valence-corrected chi connectivity index (χ3v) is 11.3. The molecule has 1 aromatic rings. The summed E-state index contributed by atoms with van der Waals surface area (Å²) in [6.45, 7) is 14.5. The van der Waals surface area contributed by atoms with Gasteiger partial charge in [-0.1, -0.05) is 50.9 Å². The third kappa shape index (κ3) is 6.69. The fourth-order valence-electron chi connectivity index (χ4n) is 3.11. The van der Waals surface area contributed by atoms with Gasteiger partial charge in [0.25, 0.3) is 0 Å². The minimum absolute atomic E-state index is 0.183. The summed E-state index contributed by atoms with van der Waals surface area (Å²) in [6.07, 6.45) is 3.10. The molecule has 1 heterocycles. The molecule has 1 rings (SSSR count). The van der Waals surface area contributed by atoms with Crippen molar-refractivity contribution in [2.75, 3.05) is 20.2 Å². The summed E-state index contributed by atoms with van der Waals surface area (Å²) in [4.78, 5) is 4.09. The highest BCUT2D eigenvalue weighted by atomic mass is 35.5. The Morgan fingerprint density at radius 2 is 1.59 bits per heavy atom. The molecule has 0 bridgehead atoms. The van der Waals surface area contributed by atoms with E-state index in [1.165, 1.54) is 0 Å². The molecular weight excluding hydrogens is 399 g/mol. The first-order chi connectivity index (χ1) is 12.7. The standard InChI is InChI=1S/C20H36Cl2N2O2Si/c1-8-27(9-2,10-3)26-18(19-16(21)12-24-13-17(19)22)14-23-11-15(4)20(5,6)25-7/h12-13,15,18,23H,8-11,14H2,1-7H3. The van der Waals surface area contributed by atoms with Gasteiger partial charge in [0.1, 0.15) is 0 Å². The number of ether oxygens (including phenoxy) is 1. The lowest BCUT2D eigenvalue weighted by Crippen LogP contribution is -2.42. The van der Waals surface area contributed by atoms with Crippen LogP contribution in [0.1, 0.15) is 53.2 Å². The van der Waals surface area contributed by atoms with Crippen molar-refractivity contribution in [3.8, 4) is 0 Å². The normalized spacial score (nSPS) is 15.0. The Kier molecular flexibility index (Phi) is 10.2. The Labute approximate surface area is 176 Å². The highest BCUT2D eigenvalue weighted by Gasteiger charge is 2.34. The monoisotopic (exact) mass is 434 g/mol. The molecule has 1 N–H and O–H groups in total. The molecule has 0 aliphatic carbocycles. The van der Waals surface area contributed by atoms with E-state index in [0.717, 1.165) is 30.2 Å². The van der Waals surface area contributed by atoms with Gasteiger partial charge in [0, 0.05) is 38.2 Å². The average Bonchev–Trinajstić information content (AvgIpc) is 2.65. The fourth-order valence-corrected chi connectivity index (χ4v) is 6.52. The lowest BCUT2D eigenvalue weighted by molar-refractivity contribution is -0.0218. The van der Waals surface area contributed by atoms with Crippen LogP contribution < -0.4 is 5.32 Å². The topological polar surface area (TPSA) is 43.4 Å². The zero-order valence-electron chi connectivity index (χ0n) is 17.9. The van der Waals surface area contributed by atoms with Gasteiger partial charge in [0.2, 0.25) is 0 Å². The van der Waals surface area contributed by atoms with Crippen molar-refractivity contribution in [2.45, 2.75) is 71.4 Å². The molecule has 0 aliphatic heterocycles. The van der Waals surface area contributed by atoms with E-state index in [-0.39, 0.29) is 11.7 Å². The molecule has 2 unspecified atom stereocenters. The van der Waals surface area contributed by atoms with Gasteiger partial charge < -0.3 is 14.5 Å². The van der Waals surface area contributed by atoms with Crippen LogP contribution >= 0.6 is 23.2 Å². The number of nitrogens with zero attached hydrogens (tertiary/aromatic N) is 1. The van der Waals surface area contributed by atoms with Gasteiger partial charge in [0.15, 0.2) is 8.32 Å². The van der Waals surface area contributed by atoms with Gasteiger partial charge in [-0.15, -0.1) is 0 Å². The molecule has 0 spiro atoms. The van der Waals surface area contributed by atoms with Gasteiger partial charge in [0.05, 0.1) is 21.8 Å². The number of methoxy groups -OCH3 is 1. The molecule has 0 fully saturated rings. The van der Waals surface area contributed by atoms with E-state index < -0.39 is 8.32 Å². The number of hydrogen-bond donors (Lipinski definition) is 1. The molecular formula is C20H36Cl2N2O2Si. The van der Waals surface area contributed by atoms with Crippen molar-refractivity contribution >= 4 is 31.5 Å². The summed E-state index contributed by atoms with van der Waals surface area (Å²) < 4.78 is 12.4. The number of aromatic nitrogens is 1. The summed E-state index contributed by atoms with van der Waals surface area (Å²) in [5, 5.41) is 4.67. The van der Waals surface area contributed by atoms with Crippen molar-refractivity contribution in [2.24, 2.45) is 5.92 Å². The van der Waals surface area contributed by atoms with Crippen molar-refractivity contribution in [3.05, 3.63) is 28.0 Å². The Hall–Kier alpha value is -0.173. The second kappa shape index (κ2) is 11.1. The summed E-state index contributed by atoms with van der Waals surface area (Å²) in [5.74, 6) is 0.345. The maximum Gasteiger partial charge on any atom is 0.192 e. The molecule has 2 atom stereocenters. The first-order valence-electron chi connectivity index (χ1n) is 9.88. The molecule has 0 saturated heterocycles. The average molecular weight is 436 g/mol. The molecule has 27 heavy (non-hydrogen) atoms. The van der Waals surface area contributed by atoms with Crippen LogP contribution in [0.15, 0.2) is 12.4 Å². The van der Waals surface area contributed by atoms with Crippen molar-refractivity contribution in [1.29, 1.82) is 0 Å². The second-order valence-corrected chi connectivity index (χ2v) is 13.3. The number of halogens is 2. The molecule has 0 radical (unpaired) electrons. The zero-order chi connectivity index (χ0) is 20.7. The van der Waals surface area contributed by atoms with Crippen LogP contribution in [0.25, 0.3) is 0 Å². The smallest absolute Gasteiger partial charge is 0.192 e. The number of rotatable bonds is 12. The minimum atomic E-state index is -1.83. The minimum Gasteiger partial charge on any atom is -0.409 e. The van der Waals surface area contributed by atoms with E-state index >= 15 is 0 Å². The summed E-state index contributed by atoms with van der Waals surface area (Å²) >= 11 is 12.9. The van der Waals surface area contributed by atoms with E-state index in [2.05, 4.69) is 51.8 Å².